The Bertz CT molecular complexity index is 569. The van der Waals surface area contributed by atoms with E-state index in [1.807, 2.05) is 6.92 Å². The lowest BCUT2D eigenvalue weighted by Gasteiger charge is -2.33. The summed E-state index contributed by atoms with van der Waals surface area (Å²) in [5.41, 5.74) is 3.67. The fraction of sp³-hybridized carbons (Fsp3) is 0.500. The zero-order valence-electron chi connectivity index (χ0n) is 14.5. The largest absolute Gasteiger partial charge is 0.204 e. The Morgan fingerprint density at radius 2 is 1.82 bits per heavy atom. The molecule has 22 heavy (non-hydrogen) atoms. The standard InChI is InChI=1S/C20H28F2/c1-7-8-12-20(6,16(5)15(4)14(2)3)13-17-10-9-11-18(21)19(17)22/h9-11H,2,7-8,12-13H2,1,3-6H3/b16-15+. The maximum absolute atomic E-state index is 14.1. The summed E-state index contributed by atoms with van der Waals surface area (Å²) in [4.78, 5) is 0. The highest BCUT2D eigenvalue weighted by Crippen LogP contribution is 2.39. The van der Waals surface area contributed by atoms with Gasteiger partial charge in [-0.1, -0.05) is 56.5 Å². The first-order valence-electron chi connectivity index (χ1n) is 7.99. The number of halogens is 2. The van der Waals surface area contributed by atoms with E-state index in [4.69, 9.17) is 0 Å². The molecule has 0 spiro atoms. The minimum Gasteiger partial charge on any atom is -0.204 e. The second kappa shape index (κ2) is 7.71. The molecule has 1 unspecified atom stereocenters. The highest BCUT2D eigenvalue weighted by atomic mass is 19.2. The lowest BCUT2D eigenvalue weighted by Crippen LogP contribution is -2.23. The Labute approximate surface area is 133 Å². The van der Waals surface area contributed by atoms with Gasteiger partial charge in [-0.15, -0.1) is 0 Å². The van der Waals surface area contributed by atoms with Crippen molar-refractivity contribution in [1.82, 2.24) is 0 Å². The Balaban J connectivity index is 3.25. The Morgan fingerprint density at radius 1 is 1.18 bits per heavy atom. The van der Waals surface area contributed by atoms with Crippen LogP contribution in [-0.2, 0) is 6.42 Å². The summed E-state index contributed by atoms with van der Waals surface area (Å²) in [5.74, 6) is -1.49. The molecule has 1 rings (SSSR count). The van der Waals surface area contributed by atoms with E-state index in [9.17, 15) is 8.78 Å². The van der Waals surface area contributed by atoms with Crippen LogP contribution < -0.4 is 0 Å². The molecule has 122 valence electrons. The van der Waals surface area contributed by atoms with E-state index >= 15 is 0 Å². The van der Waals surface area contributed by atoms with Crippen LogP contribution in [0.1, 0.15) is 59.4 Å². The van der Waals surface area contributed by atoms with Gasteiger partial charge in [0, 0.05) is 0 Å². The van der Waals surface area contributed by atoms with Gasteiger partial charge >= 0.3 is 0 Å². The summed E-state index contributed by atoms with van der Waals surface area (Å²) < 4.78 is 27.6. The summed E-state index contributed by atoms with van der Waals surface area (Å²) in [7, 11) is 0. The predicted octanol–water partition coefficient (Wildman–Crippen LogP) is 6.62. The third kappa shape index (κ3) is 4.28. The van der Waals surface area contributed by atoms with E-state index in [0.29, 0.717) is 12.0 Å². The van der Waals surface area contributed by atoms with Crippen molar-refractivity contribution < 1.29 is 8.78 Å². The van der Waals surface area contributed by atoms with Gasteiger partial charge in [-0.3, -0.25) is 0 Å². The quantitative estimate of drug-likeness (QED) is 0.497. The normalized spacial score (nSPS) is 15.2. The van der Waals surface area contributed by atoms with Gasteiger partial charge < -0.3 is 0 Å². The summed E-state index contributed by atoms with van der Waals surface area (Å²) in [6, 6.07) is 4.44. The third-order valence-electron chi connectivity index (χ3n) is 4.80. The van der Waals surface area contributed by atoms with Crippen molar-refractivity contribution in [3.05, 3.63) is 58.7 Å². The zero-order chi connectivity index (χ0) is 16.9. The molecule has 0 aliphatic heterocycles. The molecule has 0 nitrogen and oxygen atoms in total. The smallest absolute Gasteiger partial charge is 0.162 e. The molecule has 0 heterocycles. The zero-order valence-corrected chi connectivity index (χ0v) is 14.5. The molecule has 1 atom stereocenters. The molecule has 0 bridgehead atoms. The first kappa shape index (κ1) is 18.6. The molecule has 0 saturated carbocycles. The van der Waals surface area contributed by atoms with Crippen LogP contribution in [0.15, 0.2) is 41.5 Å². The van der Waals surface area contributed by atoms with E-state index in [0.717, 1.165) is 30.4 Å². The predicted molar refractivity (Wildman–Crippen MR) is 90.9 cm³/mol. The molecule has 0 fully saturated rings. The molecule has 2 heteroatoms. The number of hydrogen-bond acceptors (Lipinski definition) is 0. The molecule has 0 radical (unpaired) electrons. The van der Waals surface area contributed by atoms with E-state index in [2.05, 4.69) is 34.3 Å². The van der Waals surface area contributed by atoms with Gasteiger partial charge in [-0.05, 0) is 56.2 Å². The summed E-state index contributed by atoms with van der Waals surface area (Å²) >= 11 is 0. The van der Waals surface area contributed by atoms with Crippen LogP contribution in [-0.4, -0.2) is 0 Å². The SMILES string of the molecule is C=C(C)/C(C)=C(\C)C(C)(CCCC)Cc1cccc(F)c1F. The van der Waals surface area contributed by atoms with Gasteiger partial charge in [0.1, 0.15) is 0 Å². The van der Waals surface area contributed by atoms with Crippen molar-refractivity contribution in [2.24, 2.45) is 5.41 Å². The minimum absolute atomic E-state index is 0.187. The van der Waals surface area contributed by atoms with E-state index in [-0.39, 0.29) is 5.41 Å². The molecular formula is C20H28F2. The molecule has 0 amide bonds. The van der Waals surface area contributed by atoms with Crippen molar-refractivity contribution >= 4 is 0 Å². The molecule has 1 aromatic rings. The molecule has 1 aromatic carbocycles. The topological polar surface area (TPSA) is 0 Å². The Morgan fingerprint density at radius 3 is 2.36 bits per heavy atom. The van der Waals surface area contributed by atoms with Gasteiger partial charge in [-0.2, -0.15) is 0 Å². The van der Waals surface area contributed by atoms with Crippen LogP contribution in [0.25, 0.3) is 0 Å². The monoisotopic (exact) mass is 306 g/mol. The van der Waals surface area contributed by atoms with E-state index in [1.165, 1.54) is 11.6 Å². The first-order chi connectivity index (χ1) is 10.2. The lowest BCUT2D eigenvalue weighted by atomic mass is 9.71. The van der Waals surface area contributed by atoms with E-state index in [1.54, 1.807) is 12.1 Å². The van der Waals surface area contributed by atoms with Crippen molar-refractivity contribution in [2.75, 3.05) is 0 Å². The number of allylic oxidation sites excluding steroid dienone is 3. The van der Waals surface area contributed by atoms with E-state index < -0.39 is 11.6 Å². The fourth-order valence-electron chi connectivity index (χ4n) is 2.85. The number of benzene rings is 1. The Hall–Kier alpha value is -1.44. The number of hydrogen-bond donors (Lipinski definition) is 0. The summed E-state index contributed by atoms with van der Waals surface area (Å²) in [6.45, 7) is 14.5. The molecule has 0 aromatic heterocycles. The fourth-order valence-corrected chi connectivity index (χ4v) is 2.85. The number of unbranched alkanes of at least 4 members (excludes halogenated alkanes) is 1. The van der Waals surface area contributed by atoms with Gasteiger partial charge in [0.15, 0.2) is 11.6 Å². The summed E-state index contributed by atoms with van der Waals surface area (Å²) in [6.07, 6.45) is 3.61. The lowest BCUT2D eigenvalue weighted by molar-refractivity contribution is 0.339. The van der Waals surface area contributed by atoms with Gasteiger partial charge in [0.25, 0.3) is 0 Å². The molecule has 0 saturated heterocycles. The molecular weight excluding hydrogens is 278 g/mol. The number of rotatable bonds is 7. The Kier molecular flexibility index (Phi) is 6.52. The third-order valence-corrected chi connectivity index (χ3v) is 4.80. The molecule has 0 N–H and O–H groups in total. The second-order valence-corrected chi connectivity index (χ2v) is 6.58. The highest BCUT2D eigenvalue weighted by Gasteiger charge is 2.29. The molecule has 0 aliphatic rings. The van der Waals surface area contributed by atoms with Gasteiger partial charge in [0.2, 0.25) is 0 Å². The van der Waals surface area contributed by atoms with Crippen LogP contribution in [0.2, 0.25) is 0 Å². The van der Waals surface area contributed by atoms with Crippen molar-refractivity contribution in [3.8, 4) is 0 Å². The highest BCUT2D eigenvalue weighted by molar-refractivity contribution is 5.34. The van der Waals surface area contributed by atoms with Gasteiger partial charge in [-0.25, -0.2) is 8.78 Å². The van der Waals surface area contributed by atoms with Crippen LogP contribution in [0.5, 0.6) is 0 Å². The maximum atomic E-state index is 14.1. The maximum Gasteiger partial charge on any atom is 0.162 e. The van der Waals surface area contributed by atoms with Crippen molar-refractivity contribution in [3.63, 3.8) is 0 Å². The van der Waals surface area contributed by atoms with Crippen LogP contribution >= 0.6 is 0 Å². The van der Waals surface area contributed by atoms with Gasteiger partial charge in [0.05, 0.1) is 0 Å². The summed E-state index contributed by atoms with van der Waals surface area (Å²) in [5, 5.41) is 0. The average molecular weight is 306 g/mol. The van der Waals surface area contributed by atoms with Crippen molar-refractivity contribution in [2.45, 2.75) is 60.3 Å². The molecule has 0 aliphatic carbocycles. The van der Waals surface area contributed by atoms with Crippen LogP contribution in [0.4, 0.5) is 8.78 Å². The van der Waals surface area contributed by atoms with Crippen LogP contribution in [0.3, 0.4) is 0 Å². The minimum atomic E-state index is -0.770. The van der Waals surface area contributed by atoms with Crippen molar-refractivity contribution in [1.29, 1.82) is 0 Å². The average Bonchev–Trinajstić information content (AvgIpc) is 2.48. The second-order valence-electron chi connectivity index (χ2n) is 6.58. The first-order valence-corrected chi connectivity index (χ1v) is 7.99. The van der Waals surface area contributed by atoms with Crippen LogP contribution in [0, 0.1) is 17.0 Å².